The van der Waals surface area contributed by atoms with E-state index in [0.29, 0.717) is 5.75 Å². The summed E-state index contributed by atoms with van der Waals surface area (Å²) in [6.07, 6.45) is 0.896. The van der Waals surface area contributed by atoms with E-state index in [2.05, 4.69) is 36.9 Å². The van der Waals surface area contributed by atoms with Crippen LogP contribution in [0.3, 0.4) is 0 Å². The number of rotatable bonds is 3. The average molecular weight is 230 g/mol. The fraction of sp³-hybridized carbons (Fsp3) is 0.143. The van der Waals surface area contributed by atoms with E-state index in [0.717, 1.165) is 12.2 Å². The van der Waals surface area contributed by atoms with E-state index in [1.165, 1.54) is 16.7 Å². The lowest BCUT2D eigenvalue weighted by molar-refractivity contribution is 0.475. The van der Waals surface area contributed by atoms with Crippen LogP contribution < -0.4 is 0 Å². The minimum atomic E-state index is 0.314. The quantitative estimate of drug-likeness (QED) is 0.774. The van der Waals surface area contributed by atoms with Gasteiger partial charge in [0.05, 0.1) is 0 Å². The predicted molar refractivity (Wildman–Crippen MR) is 70.0 cm³/mol. The van der Waals surface area contributed by atoms with Crippen molar-refractivity contribution in [2.75, 3.05) is 0 Å². The van der Waals surface area contributed by atoms with Crippen LogP contribution in [0.2, 0.25) is 0 Å². The summed E-state index contributed by atoms with van der Waals surface area (Å²) in [4.78, 5) is 0. The summed E-state index contributed by atoms with van der Waals surface area (Å²) in [6.45, 7) is 0. The largest absolute Gasteiger partial charge is 0.508 e. The third-order valence-corrected chi connectivity index (χ3v) is 2.92. The first kappa shape index (κ1) is 11.1. The van der Waals surface area contributed by atoms with Crippen molar-refractivity contribution in [1.29, 1.82) is 0 Å². The highest BCUT2D eigenvalue weighted by atomic mass is 32.1. The molecule has 0 amide bonds. The van der Waals surface area contributed by atoms with Gasteiger partial charge in [0.1, 0.15) is 5.75 Å². The van der Waals surface area contributed by atoms with Crippen LogP contribution in [0, 0.1) is 0 Å². The molecule has 0 radical (unpaired) electrons. The number of hydrogen-bond donors (Lipinski definition) is 2. The Morgan fingerprint density at radius 1 is 0.750 bits per heavy atom. The van der Waals surface area contributed by atoms with Gasteiger partial charge in [0, 0.05) is 5.75 Å². The van der Waals surface area contributed by atoms with Gasteiger partial charge in [0.25, 0.3) is 0 Å². The van der Waals surface area contributed by atoms with Crippen LogP contribution in [0.5, 0.6) is 5.75 Å². The monoisotopic (exact) mass is 230 g/mol. The number of hydrogen-bond acceptors (Lipinski definition) is 2. The maximum Gasteiger partial charge on any atom is 0.115 e. The highest BCUT2D eigenvalue weighted by molar-refractivity contribution is 7.79. The van der Waals surface area contributed by atoms with Crippen LogP contribution in [0.1, 0.15) is 16.7 Å². The molecule has 0 heterocycles. The molecule has 1 N–H and O–H groups in total. The van der Waals surface area contributed by atoms with E-state index >= 15 is 0 Å². The van der Waals surface area contributed by atoms with Crippen molar-refractivity contribution in [3.63, 3.8) is 0 Å². The summed E-state index contributed by atoms with van der Waals surface area (Å²) in [5.41, 5.74) is 3.71. The second-order valence-electron chi connectivity index (χ2n) is 3.82. The summed E-state index contributed by atoms with van der Waals surface area (Å²) in [5.74, 6) is 1.09. The Kier molecular flexibility index (Phi) is 3.52. The molecule has 0 aliphatic carbocycles. The third-order valence-electron chi connectivity index (χ3n) is 2.55. The summed E-state index contributed by atoms with van der Waals surface area (Å²) in [5, 5.41) is 9.18. The molecule has 0 aliphatic heterocycles. The topological polar surface area (TPSA) is 20.2 Å². The standard InChI is InChI=1S/C14H14OS/c15-14-7-5-12(6-8-14)9-11-1-3-13(10-16)4-2-11/h1-8,15-16H,9-10H2. The van der Waals surface area contributed by atoms with Gasteiger partial charge in [-0.25, -0.2) is 0 Å². The summed E-state index contributed by atoms with van der Waals surface area (Å²) >= 11 is 4.23. The van der Waals surface area contributed by atoms with Crippen LogP contribution in [-0.2, 0) is 12.2 Å². The smallest absolute Gasteiger partial charge is 0.115 e. The van der Waals surface area contributed by atoms with Crippen molar-refractivity contribution < 1.29 is 5.11 Å². The number of thiol groups is 1. The zero-order chi connectivity index (χ0) is 11.4. The molecular formula is C14H14OS. The van der Waals surface area contributed by atoms with Crippen LogP contribution in [-0.4, -0.2) is 5.11 Å². The summed E-state index contributed by atoms with van der Waals surface area (Å²) in [6, 6.07) is 15.8. The Morgan fingerprint density at radius 3 is 1.69 bits per heavy atom. The summed E-state index contributed by atoms with van der Waals surface area (Å²) < 4.78 is 0. The SMILES string of the molecule is Oc1ccc(Cc2ccc(CS)cc2)cc1. The molecule has 2 aromatic carbocycles. The highest BCUT2D eigenvalue weighted by Crippen LogP contribution is 2.14. The lowest BCUT2D eigenvalue weighted by Crippen LogP contribution is -1.88. The second-order valence-corrected chi connectivity index (χ2v) is 4.13. The van der Waals surface area contributed by atoms with Crippen LogP contribution in [0.15, 0.2) is 48.5 Å². The van der Waals surface area contributed by atoms with Crippen LogP contribution in [0.4, 0.5) is 0 Å². The number of phenolic OH excluding ortho intramolecular Hbond substituents is 1. The zero-order valence-corrected chi connectivity index (χ0v) is 9.82. The molecule has 82 valence electrons. The van der Waals surface area contributed by atoms with Crippen molar-refractivity contribution in [1.82, 2.24) is 0 Å². The Hall–Kier alpha value is -1.41. The van der Waals surface area contributed by atoms with E-state index in [-0.39, 0.29) is 0 Å². The van der Waals surface area contributed by atoms with Gasteiger partial charge in [0.2, 0.25) is 0 Å². The van der Waals surface area contributed by atoms with E-state index in [4.69, 9.17) is 0 Å². The first-order valence-electron chi connectivity index (χ1n) is 5.24. The van der Waals surface area contributed by atoms with Gasteiger partial charge in [-0.1, -0.05) is 36.4 Å². The van der Waals surface area contributed by atoms with Crippen molar-refractivity contribution in [3.8, 4) is 5.75 Å². The summed E-state index contributed by atoms with van der Waals surface area (Å²) in [7, 11) is 0. The van der Waals surface area contributed by atoms with E-state index in [1.807, 2.05) is 12.1 Å². The van der Waals surface area contributed by atoms with E-state index in [9.17, 15) is 5.11 Å². The molecule has 1 nitrogen and oxygen atoms in total. The lowest BCUT2D eigenvalue weighted by atomic mass is 10.0. The van der Waals surface area contributed by atoms with Crippen LogP contribution >= 0.6 is 12.6 Å². The first-order valence-corrected chi connectivity index (χ1v) is 5.88. The average Bonchev–Trinajstić information content (AvgIpc) is 2.33. The predicted octanol–water partition coefficient (Wildman–Crippen LogP) is 3.41. The minimum Gasteiger partial charge on any atom is -0.508 e. The number of benzene rings is 2. The molecule has 2 heteroatoms. The molecular weight excluding hydrogens is 216 g/mol. The van der Waals surface area contributed by atoms with Gasteiger partial charge in [-0.15, -0.1) is 0 Å². The molecule has 0 unspecified atom stereocenters. The maximum absolute atomic E-state index is 9.18. The van der Waals surface area contributed by atoms with Gasteiger partial charge in [-0.05, 0) is 35.2 Å². The van der Waals surface area contributed by atoms with E-state index < -0.39 is 0 Å². The molecule has 0 saturated carbocycles. The number of phenols is 1. The van der Waals surface area contributed by atoms with Crippen molar-refractivity contribution in [2.45, 2.75) is 12.2 Å². The fourth-order valence-electron chi connectivity index (χ4n) is 1.61. The normalized spacial score (nSPS) is 10.3. The van der Waals surface area contributed by atoms with Crippen LogP contribution in [0.25, 0.3) is 0 Å². The lowest BCUT2D eigenvalue weighted by Gasteiger charge is -2.03. The van der Waals surface area contributed by atoms with Gasteiger partial charge in [-0.3, -0.25) is 0 Å². The second kappa shape index (κ2) is 5.08. The zero-order valence-electron chi connectivity index (χ0n) is 8.93. The Labute approximate surface area is 101 Å². The Morgan fingerprint density at radius 2 is 1.19 bits per heavy atom. The Balaban J connectivity index is 2.11. The third kappa shape index (κ3) is 2.80. The molecule has 2 aromatic rings. The molecule has 0 aliphatic rings. The molecule has 0 atom stereocenters. The number of aromatic hydroxyl groups is 1. The molecule has 0 spiro atoms. The van der Waals surface area contributed by atoms with Crippen molar-refractivity contribution >= 4 is 12.6 Å². The highest BCUT2D eigenvalue weighted by Gasteiger charge is 1.97. The molecule has 0 bridgehead atoms. The van der Waals surface area contributed by atoms with Gasteiger partial charge < -0.3 is 5.11 Å². The maximum atomic E-state index is 9.18. The van der Waals surface area contributed by atoms with Gasteiger partial charge in [-0.2, -0.15) is 12.6 Å². The van der Waals surface area contributed by atoms with Gasteiger partial charge >= 0.3 is 0 Å². The fourth-order valence-corrected chi connectivity index (χ4v) is 1.82. The molecule has 16 heavy (non-hydrogen) atoms. The van der Waals surface area contributed by atoms with E-state index in [1.54, 1.807) is 12.1 Å². The molecule has 0 aromatic heterocycles. The first-order chi connectivity index (χ1) is 7.78. The Bertz CT molecular complexity index is 445. The van der Waals surface area contributed by atoms with Crippen molar-refractivity contribution in [3.05, 3.63) is 65.2 Å². The van der Waals surface area contributed by atoms with Gasteiger partial charge in [0.15, 0.2) is 0 Å². The van der Waals surface area contributed by atoms with Crippen molar-refractivity contribution in [2.24, 2.45) is 0 Å². The molecule has 0 fully saturated rings. The molecule has 0 saturated heterocycles. The molecule has 2 rings (SSSR count). The minimum absolute atomic E-state index is 0.314.